The fourth-order valence-electron chi connectivity index (χ4n) is 9.41. The first-order valence-corrected chi connectivity index (χ1v) is 30.4. The molecule has 0 aliphatic carbocycles. The summed E-state index contributed by atoms with van der Waals surface area (Å²) >= 11 is 0. The van der Waals surface area contributed by atoms with E-state index in [2.05, 4.69) is 38.2 Å². The van der Waals surface area contributed by atoms with Crippen molar-refractivity contribution >= 4 is 11.9 Å². The first kappa shape index (κ1) is 65.4. The molecule has 1 N–H and O–H groups in total. The van der Waals surface area contributed by atoms with Gasteiger partial charge in [0.25, 0.3) is 0 Å². The first-order valence-electron chi connectivity index (χ1n) is 30.4. The van der Waals surface area contributed by atoms with Crippen LogP contribution in [0.5, 0.6) is 0 Å². The van der Waals surface area contributed by atoms with E-state index >= 15 is 0 Å². The van der Waals surface area contributed by atoms with E-state index in [0.29, 0.717) is 12.8 Å². The summed E-state index contributed by atoms with van der Waals surface area (Å²) in [7, 11) is 0. The molecule has 0 aromatic rings. The molecule has 0 aliphatic heterocycles. The molecule has 5 heteroatoms. The van der Waals surface area contributed by atoms with Crippen LogP contribution >= 0.6 is 0 Å². The number of hydrogen-bond donors (Lipinski definition) is 1. The van der Waals surface area contributed by atoms with Crippen LogP contribution in [0.3, 0.4) is 0 Å². The summed E-state index contributed by atoms with van der Waals surface area (Å²) < 4.78 is 10.7. The van der Waals surface area contributed by atoms with E-state index in [9.17, 15) is 14.7 Å². The number of unbranched alkanes of at least 4 members (excludes halogenated alkanes) is 45. The Kier molecular flexibility index (Phi) is 57.3. The molecule has 0 amide bonds. The highest BCUT2D eigenvalue weighted by Crippen LogP contribution is 2.18. The monoisotopic (exact) mass is 943 g/mol. The third kappa shape index (κ3) is 56.9. The van der Waals surface area contributed by atoms with Crippen molar-refractivity contribution in [3.05, 3.63) is 24.3 Å². The third-order valence-corrected chi connectivity index (χ3v) is 14.0. The summed E-state index contributed by atoms with van der Waals surface area (Å²) in [5.41, 5.74) is 0. The Hall–Kier alpha value is -1.62. The zero-order valence-corrected chi connectivity index (χ0v) is 45.4. The molecule has 67 heavy (non-hydrogen) atoms. The second-order valence-corrected chi connectivity index (χ2v) is 20.8. The first-order chi connectivity index (χ1) is 33.1. The average Bonchev–Trinajstić information content (AvgIpc) is 3.33. The summed E-state index contributed by atoms with van der Waals surface area (Å²) in [6.07, 6.45) is 74.8. The Labute approximate surface area is 419 Å². The molecule has 0 aromatic heterocycles. The van der Waals surface area contributed by atoms with Gasteiger partial charge in [0.15, 0.2) is 6.10 Å². The molecule has 5 nitrogen and oxygen atoms in total. The van der Waals surface area contributed by atoms with Crippen molar-refractivity contribution in [3.8, 4) is 0 Å². The second kappa shape index (κ2) is 58.7. The smallest absolute Gasteiger partial charge is 0.306 e. The van der Waals surface area contributed by atoms with Crippen molar-refractivity contribution < 1.29 is 24.2 Å². The Bertz CT molecular complexity index is 1020. The highest BCUT2D eigenvalue weighted by Gasteiger charge is 2.16. The van der Waals surface area contributed by atoms with Crippen LogP contribution in [0.1, 0.15) is 341 Å². The fourth-order valence-corrected chi connectivity index (χ4v) is 9.41. The van der Waals surface area contributed by atoms with Crippen molar-refractivity contribution in [2.75, 3.05) is 13.2 Å². The lowest BCUT2D eigenvalue weighted by Crippen LogP contribution is -2.28. The minimum atomic E-state index is -0.773. The minimum absolute atomic E-state index is 0.0638. The lowest BCUT2D eigenvalue weighted by Gasteiger charge is -2.15. The lowest BCUT2D eigenvalue weighted by atomic mass is 10.0. The largest absolute Gasteiger partial charge is 0.462 e. The number of ether oxygens (including phenoxy) is 2. The summed E-state index contributed by atoms with van der Waals surface area (Å²) in [4.78, 5) is 24.5. The number of aliphatic hydroxyl groups excluding tert-OH is 1. The van der Waals surface area contributed by atoms with Gasteiger partial charge in [0.05, 0.1) is 6.61 Å². The Morgan fingerprint density at radius 2 is 0.597 bits per heavy atom. The minimum Gasteiger partial charge on any atom is -0.462 e. The van der Waals surface area contributed by atoms with Gasteiger partial charge in [-0.15, -0.1) is 0 Å². The summed E-state index contributed by atoms with van der Waals surface area (Å²) in [6, 6.07) is 0. The molecule has 0 aromatic carbocycles. The number of rotatable bonds is 57. The molecule has 0 radical (unpaired) electrons. The maximum atomic E-state index is 12.3. The van der Waals surface area contributed by atoms with E-state index in [1.165, 1.54) is 270 Å². The van der Waals surface area contributed by atoms with Crippen LogP contribution in [-0.4, -0.2) is 36.4 Å². The van der Waals surface area contributed by atoms with Gasteiger partial charge in [-0.25, -0.2) is 0 Å². The molecule has 0 fully saturated rings. The van der Waals surface area contributed by atoms with Crippen LogP contribution in [0.4, 0.5) is 0 Å². The molecule has 0 saturated carbocycles. The van der Waals surface area contributed by atoms with Crippen LogP contribution in [0.15, 0.2) is 24.3 Å². The number of hydrogen-bond acceptors (Lipinski definition) is 5. The average molecular weight is 944 g/mol. The van der Waals surface area contributed by atoms with Gasteiger partial charge in [0.2, 0.25) is 0 Å². The van der Waals surface area contributed by atoms with Crippen LogP contribution in [0, 0.1) is 0 Å². The summed E-state index contributed by atoms with van der Waals surface area (Å²) in [5, 5.41) is 9.64. The van der Waals surface area contributed by atoms with Crippen molar-refractivity contribution in [3.63, 3.8) is 0 Å². The molecule has 0 saturated heterocycles. The fraction of sp³-hybridized carbons (Fsp3) is 0.903. The zero-order valence-electron chi connectivity index (χ0n) is 45.4. The Balaban J connectivity index is 3.36. The van der Waals surface area contributed by atoms with Gasteiger partial charge in [-0.2, -0.15) is 0 Å². The number of carbonyl (C=O) groups excluding carboxylic acids is 2. The van der Waals surface area contributed by atoms with Gasteiger partial charge in [0.1, 0.15) is 6.61 Å². The van der Waals surface area contributed by atoms with E-state index < -0.39 is 6.10 Å². The lowest BCUT2D eigenvalue weighted by molar-refractivity contribution is -0.161. The van der Waals surface area contributed by atoms with Crippen molar-refractivity contribution in [2.24, 2.45) is 0 Å². The highest BCUT2D eigenvalue weighted by atomic mass is 16.6. The number of carbonyl (C=O) groups is 2. The van der Waals surface area contributed by atoms with E-state index in [-0.39, 0.29) is 25.2 Å². The third-order valence-electron chi connectivity index (χ3n) is 14.0. The Morgan fingerprint density at radius 1 is 0.343 bits per heavy atom. The predicted molar refractivity (Wildman–Crippen MR) is 293 cm³/mol. The molecule has 0 spiro atoms. The molecule has 0 rings (SSSR count). The van der Waals surface area contributed by atoms with Crippen molar-refractivity contribution in [1.82, 2.24) is 0 Å². The van der Waals surface area contributed by atoms with Gasteiger partial charge in [-0.05, 0) is 44.9 Å². The van der Waals surface area contributed by atoms with E-state index in [1.807, 2.05) is 0 Å². The Morgan fingerprint density at radius 3 is 0.910 bits per heavy atom. The van der Waals surface area contributed by atoms with Crippen LogP contribution in [0.2, 0.25) is 0 Å². The molecule has 1 unspecified atom stereocenters. The maximum absolute atomic E-state index is 12.3. The van der Waals surface area contributed by atoms with Crippen LogP contribution < -0.4 is 0 Å². The number of esters is 2. The quantitative estimate of drug-likeness (QED) is 0.0374. The molecule has 1 atom stereocenters. The standard InChI is InChI=1S/C62H118O5/c1-3-5-7-9-11-13-15-17-19-21-22-23-24-25-26-27-28-29-30-31-32-33-34-35-36-37-38-39-41-42-44-46-48-50-52-54-56-61(64)66-59-60(58-63)67-62(65)57-55-53-51-49-47-45-43-40-20-18-16-14-12-10-8-6-4-2/h12,14,18,20,60,63H,3-11,13,15-17,19,21-59H2,1-2H3/b14-12-,20-18-. The van der Waals surface area contributed by atoms with E-state index in [0.717, 1.165) is 44.9 Å². The molecular weight excluding hydrogens is 825 g/mol. The van der Waals surface area contributed by atoms with Crippen molar-refractivity contribution in [2.45, 2.75) is 347 Å². The van der Waals surface area contributed by atoms with Gasteiger partial charge >= 0.3 is 11.9 Å². The molecule has 0 aliphatic rings. The topological polar surface area (TPSA) is 72.8 Å². The van der Waals surface area contributed by atoms with Crippen LogP contribution in [0.25, 0.3) is 0 Å². The molecular formula is C62H118O5. The summed E-state index contributed by atoms with van der Waals surface area (Å²) in [6.45, 7) is 4.16. The SMILES string of the molecule is CCCCC/C=C\C/C=C\CCCCCCCCCC(=O)OC(CO)COC(=O)CCCCCCCCCCCCCCCCCCCCCCCCCCCCCCCCCCCCCC. The van der Waals surface area contributed by atoms with Gasteiger partial charge in [-0.3, -0.25) is 9.59 Å². The zero-order chi connectivity index (χ0) is 48.5. The second-order valence-electron chi connectivity index (χ2n) is 20.8. The summed E-state index contributed by atoms with van der Waals surface area (Å²) in [5.74, 6) is -0.582. The van der Waals surface area contributed by atoms with Gasteiger partial charge in [-0.1, -0.05) is 308 Å². The molecule has 0 bridgehead atoms. The highest BCUT2D eigenvalue weighted by molar-refractivity contribution is 5.70. The normalized spacial score (nSPS) is 12.2. The van der Waals surface area contributed by atoms with E-state index in [1.54, 1.807) is 0 Å². The predicted octanol–water partition coefficient (Wildman–Crippen LogP) is 20.5. The number of aliphatic hydroxyl groups is 1. The van der Waals surface area contributed by atoms with Crippen LogP contribution in [-0.2, 0) is 19.1 Å². The molecule has 396 valence electrons. The number of allylic oxidation sites excluding steroid dienone is 4. The van der Waals surface area contributed by atoms with E-state index in [4.69, 9.17) is 9.47 Å². The van der Waals surface area contributed by atoms with Crippen molar-refractivity contribution in [1.29, 1.82) is 0 Å². The molecule has 0 heterocycles. The van der Waals surface area contributed by atoms with Gasteiger partial charge in [0, 0.05) is 12.8 Å². The van der Waals surface area contributed by atoms with Gasteiger partial charge < -0.3 is 14.6 Å². The maximum Gasteiger partial charge on any atom is 0.306 e.